The van der Waals surface area contributed by atoms with Crippen LogP contribution in [-0.4, -0.2) is 37.7 Å². The van der Waals surface area contributed by atoms with Crippen LogP contribution in [0.2, 0.25) is 0 Å². The van der Waals surface area contributed by atoms with Crippen LogP contribution in [0.15, 0.2) is 18.2 Å². The van der Waals surface area contributed by atoms with Crippen LogP contribution in [0, 0.1) is 0 Å². The fourth-order valence-corrected chi connectivity index (χ4v) is 1.84. The highest BCUT2D eigenvalue weighted by molar-refractivity contribution is 6.05. The lowest BCUT2D eigenvalue weighted by Crippen LogP contribution is -2.16. The molecule has 0 radical (unpaired) electrons. The predicted molar refractivity (Wildman–Crippen MR) is 88.2 cm³/mol. The van der Waals surface area contributed by atoms with E-state index in [1.807, 2.05) is 20.8 Å². The van der Waals surface area contributed by atoms with Gasteiger partial charge in [0.1, 0.15) is 0 Å². The third-order valence-electron chi connectivity index (χ3n) is 3.01. The molecule has 6 nitrogen and oxygen atoms in total. The Balaban J connectivity index is 3.11. The van der Waals surface area contributed by atoms with E-state index < -0.39 is 17.9 Å². The van der Waals surface area contributed by atoms with E-state index in [1.165, 1.54) is 18.2 Å². The molecule has 0 heterocycles. The Morgan fingerprint density at radius 2 is 1.17 bits per heavy atom. The van der Waals surface area contributed by atoms with E-state index in [1.54, 1.807) is 0 Å². The molecule has 0 fully saturated rings. The summed E-state index contributed by atoms with van der Waals surface area (Å²) in [4.78, 5) is 36.3. The molecule has 24 heavy (non-hydrogen) atoms. The van der Waals surface area contributed by atoms with Crippen molar-refractivity contribution in [1.29, 1.82) is 0 Å². The van der Waals surface area contributed by atoms with Crippen LogP contribution in [0.5, 0.6) is 0 Å². The molecule has 0 unspecified atom stereocenters. The first-order valence-corrected chi connectivity index (χ1v) is 8.20. The first-order valence-electron chi connectivity index (χ1n) is 8.20. The smallest absolute Gasteiger partial charge is 0.339 e. The average molecular weight is 336 g/mol. The zero-order valence-electron chi connectivity index (χ0n) is 14.4. The summed E-state index contributed by atoms with van der Waals surface area (Å²) in [6.45, 7) is 6.39. The number of carbonyl (C=O) groups is 3. The molecule has 0 aromatic heterocycles. The minimum absolute atomic E-state index is 0.00972. The second-order valence-corrected chi connectivity index (χ2v) is 5.17. The molecule has 0 aliphatic rings. The number of carbonyl (C=O) groups excluding carboxylic acids is 3. The molecule has 1 rings (SSSR count). The molecule has 0 N–H and O–H groups in total. The standard InChI is InChI=1S/C18H24O6/c1-4-9-22-16(19)13-7-8-14(17(20)23-10-5-2)15(12-13)18(21)24-11-6-3/h7-8,12H,4-6,9-11H2,1-3H3. The zero-order chi connectivity index (χ0) is 17.9. The van der Waals surface area contributed by atoms with Crippen LogP contribution in [0.25, 0.3) is 0 Å². The van der Waals surface area contributed by atoms with Gasteiger partial charge in [0.15, 0.2) is 0 Å². The Kier molecular flexibility index (Phi) is 8.54. The lowest BCUT2D eigenvalue weighted by molar-refractivity contribution is 0.0455. The quantitative estimate of drug-likeness (QED) is 0.508. The summed E-state index contributed by atoms with van der Waals surface area (Å²) in [5, 5.41) is 0. The molecular formula is C18H24O6. The van der Waals surface area contributed by atoms with Gasteiger partial charge in [0.05, 0.1) is 36.5 Å². The van der Waals surface area contributed by atoms with E-state index >= 15 is 0 Å². The molecular weight excluding hydrogens is 312 g/mol. The third kappa shape index (κ3) is 5.68. The van der Waals surface area contributed by atoms with E-state index in [0.29, 0.717) is 19.3 Å². The fourth-order valence-electron chi connectivity index (χ4n) is 1.84. The van der Waals surface area contributed by atoms with Crippen LogP contribution in [0.3, 0.4) is 0 Å². The second-order valence-electron chi connectivity index (χ2n) is 5.17. The Bertz CT molecular complexity index is 579. The summed E-state index contributed by atoms with van der Waals surface area (Å²) in [6.07, 6.45) is 2.01. The highest BCUT2D eigenvalue weighted by Crippen LogP contribution is 2.16. The van der Waals surface area contributed by atoms with Crippen LogP contribution >= 0.6 is 0 Å². The predicted octanol–water partition coefficient (Wildman–Crippen LogP) is 3.39. The molecule has 0 bridgehead atoms. The summed E-state index contributed by atoms with van der Waals surface area (Å²) in [5.41, 5.74) is 0.283. The van der Waals surface area contributed by atoms with Gasteiger partial charge in [-0.25, -0.2) is 14.4 Å². The molecule has 0 saturated heterocycles. The molecule has 0 spiro atoms. The molecule has 0 atom stereocenters. The minimum atomic E-state index is -0.662. The number of hydrogen-bond acceptors (Lipinski definition) is 6. The minimum Gasteiger partial charge on any atom is -0.462 e. The van der Waals surface area contributed by atoms with Crippen molar-refractivity contribution in [3.05, 3.63) is 34.9 Å². The number of esters is 3. The van der Waals surface area contributed by atoms with Gasteiger partial charge in [-0.2, -0.15) is 0 Å². The first kappa shape index (κ1) is 19.7. The van der Waals surface area contributed by atoms with Gasteiger partial charge in [0, 0.05) is 0 Å². The van der Waals surface area contributed by atoms with Gasteiger partial charge in [0.25, 0.3) is 0 Å². The summed E-state index contributed by atoms with van der Waals surface area (Å²) in [7, 11) is 0. The van der Waals surface area contributed by atoms with Crippen molar-refractivity contribution < 1.29 is 28.6 Å². The molecule has 0 aliphatic carbocycles. The Morgan fingerprint density at radius 3 is 1.67 bits per heavy atom. The second kappa shape index (κ2) is 10.4. The summed E-state index contributed by atoms with van der Waals surface area (Å²) in [5.74, 6) is -1.82. The van der Waals surface area contributed by atoms with E-state index in [9.17, 15) is 14.4 Å². The summed E-state index contributed by atoms with van der Waals surface area (Å²) < 4.78 is 15.2. The van der Waals surface area contributed by atoms with Crippen LogP contribution in [-0.2, 0) is 14.2 Å². The van der Waals surface area contributed by atoms with E-state index in [4.69, 9.17) is 14.2 Å². The maximum absolute atomic E-state index is 12.2. The summed E-state index contributed by atoms with van der Waals surface area (Å²) >= 11 is 0. The highest BCUT2D eigenvalue weighted by Gasteiger charge is 2.22. The van der Waals surface area contributed by atoms with Gasteiger partial charge in [-0.3, -0.25) is 0 Å². The highest BCUT2D eigenvalue weighted by atomic mass is 16.5. The zero-order valence-corrected chi connectivity index (χ0v) is 14.4. The van der Waals surface area contributed by atoms with E-state index in [0.717, 1.165) is 0 Å². The van der Waals surface area contributed by atoms with Gasteiger partial charge < -0.3 is 14.2 Å². The van der Waals surface area contributed by atoms with Crippen molar-refractivity contribution >= 4 is 17.9 Å². The largest absolute Gasteiger partial charge is 0.462 e. The Morgan fingerprint density at radius 1 is 0.708 bits per heavy atom. The van der Waals surface area contributed by atoms with Crippen molar-refractivity contribution in [2.24, 2.45) is 0 Å². The van der Waals surface area contributed by atoms with Crippen molar-refractivity contribution in [1.82, 2.24) is 0 Å². The number of hydrogen-bond donors (Lipinski definition) is 0. The molecule has 0 amide bonds. The lowest BCUT2D eigenvalue weighted by atomic mass is 10.0. The normalized spacial score (nSPS) is 10.1. The molecule has 0 aliphatic heterocycles. The Hall–Kier alpha value is -2.37. The van der Waals surface area contributed by atoms with Crippen molar-refractivity contribution in [2.75, 3.05) is 19.8 Å². The van der Waals surface area contributed by atoms with Crippen molar-refractivity contribution in [3.63, 3.8) is 0 Å². The van der Waals surface area contributed by atoms with Crippen LogP contribution in [0.4, 0.5) is 0 Å². The van der Waals surface area contributed by atoms with Crippen molar-refractivity contribution in [3.8, 4) is 0 Å². The maximum Gasteiger partial charge on any atom is 0.339 e. The van der Waals surface area contributed by atoms with Crippen LogP contribution in [0.1, 0.15) is 71.1 Å². The first-order chi connectivity index (χ1) is 11.5. The molecule has 0 saturated carbocycles. The fraction of sp³-hybridized carbons (Fsp3) is 0.500. The maximum atomic E-state index is 12.2. The Labute approximate surface area is 142 Å². The monoisotopic (exact) mass is 336 g/mol. The van der Waals surface area contributed by atoms with E-state index in [2.05, 4.69) is 0 Å². The van der Waals surface area contributed by atoms with Gasteiger partial charge in [0.2, 0.25) is 0 Å². The molecule has 1 aromatic carbocycles. The number of rotatable bonds is 9. The average Bonchev–Trinajstić information content (AvgIpc) is 2.61. The molecule has 132 valence electrons. The van der Waals surface area contributed by atoms with Gasteiger partial charge in [-0.05, 0) is 37.5 Å². The number of benzene rings is 1. The SMILES string of the molecule is CCCOC(=O)c1ccc(C(=O)OCCC)c(C(=O)OCCC)c1. The number of ether oxygens (including phenoxy) is 3. The van der Waals surface area contributed by atoms with Crippen LogP contribution < -0.4 is 0 Å². The van der Waals surface area contributed by atoms with Gasteiger partial charge in [-0.1, -0.05) is 20.8 Å². The van der Waals surface area contributed by atoms with Gasteiger partial charge in [-0.15, -0.1) is 0 Å². The van der Waals surface area contributed by atoms with Crippen molar-refractivity contribution in [2.45, 2.75) is 40.0 Å². The third-order valence-corrected chi connectivity index (χ3v) is 3.01. The summed E-state index contributed by atoms with van der Waals surface area (Å²) in [6, 6.07) is 4.15. The molecule has 6 heteroatoms. The topological polar surface area (TPSA) is 78.9 Å². The van der Waals surface area contributed by atoms with Gasteiger partial charge >= 0.3 is 17.9 Å². The van der Waals surface area contributed by atoms with E-state index in [-0.39, 0.29) is 36.5 Å². The lowest BCUT2D eigenvalue weighted by Gasteiger charge is -2.11. The molecule has 1 aromatic rings.